The smallest absolute Gasteiger partial charge is 0.550 e. The van der Waals surface area contributed by atoms with E-state index in [0.717, 1.165) is 11.0 Å². The maximum absolute atomic E-state index is 10.1. The number of hydrogen-bond acceptors (Lipinski definition) is 8. The molecule has 0 aromatic rings. The van der Waals surface area contributed by atoms with Gasteiger partial charge in [0.05, 0.1) is 33.7 Å². The molecule has 0 fully saturated rings. The summed E-state index contributed by atoms with van der Waals surface area (Å²) in [5.41, 5.74) is -2.97. The summed E-state index contributed by atoms with van der Waals surface area (Å²) < 4.78 is 0.844. The molecule has 0 aliphatic rings. The van der Waals surface area contributed by atoms with Crippen molar-refractivity contribution < 1.29 is 61.5 Å². The number of hydrogen-bond donors (Lipinski definition) is 2. The van der Waals surface area contributed by atoms with Crippen LogP contribution in [0.25, 0.3) is 0 Å². The number of carboxylic acids is 3. The van der Waals surface area contributed by atoms with Gasteiger partial charge < -0.3 is 44.4 Å². The third kappa shape index (κ3) is 15.0. The molecular weight excluding hydrogens is 330 g/mol. The molecule has 2 N–H and O–H groups in total. The number of rotatable bonds is 7. The normalized spacial score (nSPS) is 10.7. The summed E-state index contributed by atoms with van der Waals surface area (Å²) in [6, 6.07) is 0. The number of carboxylic acid groups (broad SMARTS) is 3. The Labute approximate surface area is 132 Å². The van der Waals surface area contributed by atoms with Crippen molar-refractivity contribution in [1.29, 1.82) is 0 Å². The summed E-state index contributed by atoms with van der Waals surface area (Å²) in [7, 11) is 6.16. The van der Waals surface area contributed by atoms with Crippen molar-refractivity contribution >= 4 is 17.9 Å². The van der Waals surface area contributed by atoms with Gasteiger partial charge in [0.25, 0.3) is 0 Å². The van der Waals surface area contributed by atoms with E-state index in [1.807, 2.05) is 0 Å². The molecule has 0 atom stereocenters. The molecule has 0 rings (SSSR count). The Kier molecular flexibility index (Phi) is 12.4. The molecule has 0 unspecified atom stereocenters. The Hall–Kier alpha value is -1.19. The van der Waals surface area contributed by atoms with Gasteiger partial charge in [0.15, 0.2) is 0 Å². The van der Waals surface area contributed by atoms with E-state index in [2.05, 4.69) is 21.1 Å². The minimum atomic E-state index is -2.97. The van der Waals surface area contributed by atoms with Crippen LogP contribution in [0, 0.1) is 0 Å². The predicted molar refractivity (Wildman–Crippen MR) is 59.2 cm³/mol. The van der Waals surface area contributed by atoms with Crippen molar-refractivity contribution in [1.82, 2.24) is 0 Å². The first-order valence-electron chi connectivity index (χ1n) is 5.59. The maximum atomic E-state index is 10.1. The number of aliphatic hydroxyl groups is 2. The van der Waals surface area contributed by atoms with Gasteiger partial charge in [0, 0.05) is 24.8 Å². The Morgan fingerprint density at radius 2 is 1.33 bits per heavy atom. The molecule has 0 aliphatic heterocycles. The molecule has 0 amide bonds. The van der Waals surface area contributed by atoms with Crippen LogP contribution >= 0.6 is 0 Å². The molecule has 1 radical (unpaired) electrons. The summed E-state index contributed by atoms with van der Waals surface area (Å²) in [5, 5.41) is 47.3. The largest absolute Gasteiger partial charge is 3.00 e. The molecule has 10 heteroatoms. The van der Waals surface area contributed by atoms with Crippen LogP contribution in [0.3, 0.4) is 0 Å². The number of carbonyl (C=O) groups excluding carboxylic acids is 3. The van der Waals surface area contributed by atoms with Crippen molar-refractivity contribution in [3.05, 3.63) is 0 Å². The van der Waals surface area contributed by atoms with Gasteiger partial charge in [0.2, 0.25) is 0 Å². The fraction of sp³-hybridized carbons (Fsp3) is 0.727. The fourth-order valence-electron chi connectivity index (χ4n) is 0.984. The molecule has 0 saturated heterocycles. The molecule has 0 aliphatic carbocycles. The van der Waals surface area contributed by atoms with Gasteiger partial charge in [-0.1, -0.05) is 0 Å². The second-order valence-electron chi connectivity index (χ2n) is 5.15. The van der Waals surface area contributed by atoms with Crippen molar-refractivity contribution in [2.24, 2.45) is 0 Å². The van der Waals surface area contributed by atoms with Crippen molar-refractivity contribution in [3.8, 4) is 0 Å². The SMILES string of the molecule is C[N+](C)(C)CCO.O=C([O-])CC(O)(CC(=O)[O-])C(=O)[O-].[Fe+3]. The van der Waals surface area contributed by atoms with E-state index in [1.165, 1.54) is 0 Å². The number of nitrogens with zero attached hydrogens (tertiary/aromatic N) is 1. The van der Waals surface area contributed by atoms with Crippen LogP contribution in [0.1, 0.15) is 12.8 Å². The Morgan fingerprint density at radius 3 is 1.43 bits per heavy atom. The summed E-state index contributed by atoms with van der Waals surface area (Å²) in [5.74, 6) is -5.98. The molecule has 123 valence electrons. The van der Waals surface area contributed by atoms with E-state index in [-0.39, 0.29) is 23.7 Å². The third-order valence-electron chi connectivity index (χ3n) is 2.02. The number of likely N-dealkylation sites (N-methyl/N-ethyl adjacent to an activating group) is 1. The summed E-state index contributed by atoms with van der Waals surface area (Å²) >= 11 is 0. The number of aliphatic hydroxyl groups excluding tert-OH is 1. The van der Waals surface area contributed by atoms with Crippen molar-refractivity contribution in [3.63, 3.8) is 0 Å². The second-order valence-corrected chi connectivity index (χ2v) is 5.15. The number of quaternary nitrogens is 1. The molecule has 9 nitrogen and oxygen atoms in total. The first-order chi connectivity index (χ1) is 8.84. The average Bonchev–Trinajstić information content (AvgIpc) is 2.12. The standard InChI is InChI=1S/C6H8O7.C5H14NO.Fe/c7-3(8)1-6(13,5(11)12)2-4(9)10;1-6(2,3)4-5-7;/h13H,1-2H2,(H,7,8)(H,9,10)(H,11,12);7H,4-5H2,1-3H3;/q;+1;+3/p-3. The zero-order chi connectivity index (χ0) is 16.6. The van der Waals surface area contributed by atoms with Gasteiger partial charge in [-0.25, -0.2) is 0 Å². The van der Waals surface area contributed by atoms with Gasteiger partial charge in [0.1, 0.15) is 12.1 Å². The van der Waals surface area contributed by atoms with Gasteiger partial charge in [-0.05, 0) is 0 Å². The van der Waals surface area contributed by atoms with Crippen LogP contribution in [0.4, 0.5) is 0 Å². The molecule has 0 aromatic heterocycles. The second kappa shape index (κ2) is 10.5. The fourth-order valence-corrected chi connectivity index (χ4v) is 0.984. The number of aliphatic carboxylic acids is 3. The predicted octanol–water partition coefficient (Wildman–Crippen LogP) is -5.57. The van der Waals surface area contributed by atoms with Crippen LogP contribution in [-0.4, -0.2) is 72.5 Å². The first kappa shape index (κ1) is 24.8. The quantitative estimate of drug-likeness (QED) is 0.340. The first-order valence-corrected chi connectivity index (χ1v) is 5.59. The van der Waals surface area contributed by atoms with Crippen molar-refractivity contribution in [2.45, 2.75) is 18.4 Å². The van der Waals surface area contributed by atoms with Crippen LogP contribution in [0.2, 0.25) is 0 Å². The zero-order valence-electron chi connectivity index (χ0n) is 12.0. The molecule has 0 bridgehead atoms. The van der Waals surface area contributed by atoms with E-state index in [9.17, 15) is 29.7 Å². The topological polar surface area (TPSA) is 161 Å². The van der Waals surface area contributed by atoms with Crippen LogP contribution in [0.15, 0.2) is 0 Å². The van der Waals surface area contributed by atoms with Crippen LogP contribution < -0.4 is 15.3 Å². The minimum Gasteiger partial charge on any atom is -0.550 e. The summed E-state index contributed by atoms with van der Waals surface area (Å²) in [4.78, 5) is 30.0. The van der Waals surface area contributed by atoms with E-state index in [4.69, 9.17) is 10.2 Å². The third-order valence-corrected chi connectivity index (χ3v) is 2.02. The molecule has 0 spiro atoms. The van der Waals surface area contributed by atoms with Crippen LogP contribution in [0.5, 0.6) is 0 Å². The Balaban J connectivity index is -0.000000347. The molecule has 0 heterocycles. The molecular formula is C11H19FeNO8+. The summed E-state index contributed by atoms with van der Waals surface area (Å²) in [6.07, 6.45) is -2.72. The van der Waals surface area contributed by atoms with Gasteiger partial charge in [-0.3, -0.25) is 0 Å². The van der Waals surface area contributed by atoms with Crippen molar-refractivity contribution in [2.75, 3.05) is 34.3 Å². The Morgan fingerprint density at radius 1 is 1.00 bits per heavy atom. The maximum Gasteiger partial charge on any atom is 3.00 e. The Bertz CT molecular complexity index is 337. The number of carbonyl (C=O) groups is 3. The molecule has 0 saturated carbocycles. The zero-order valence-corrected chi connectivity index (χ0v) is 13.1. The van der Waals surface area contributed by atoms with E-state index in [1.54, 1.807) is 0 Å². The molecule has 0 aromatic carbocycles. The monoisotopic (exact) mass is 349 g/mol. The molecule has 21 heavy (non-hydrogen) atoms. The summed E-state index contributed by atoms with van der Waals surface area (Å²) in [6.45, 7) is 1.11. The van der Waals surface area contributed by atoms with Gasteiger partial charge in [-0.2, -0.15) is 0 Å². The minimum absolute atomic E-state index is 0. The van der Waals surface area contributed by atoms with E-state index < -0.39 is 36.4 Å². The van der Waals surface area contributed by atoms with E-state index >= 15 is 0 Å². The van der Waals surface area contributed by atoms with Crippen LogP contribution in [-0.2, 0) is 31.5 Å². The van der Waals surface area contributed by atoms with Gasteiger partial charge >= 0.3 is 17.1 Å². The average molecular weight is 349 g/mol. The van der Waals surface area contributed by atoms with Gasteiger partial charge in [-0.15, -0.1) is 0 Å². The van der Waals surface area contributed by atoms with E-state index in [0.29, 0.717) is 0 Å².